The predicted molar refractivity (Wildman–Crippen MR) is 51.6 cm³/mol. The minimum absolute atomic E-state index is 0.101. The number of para-hydroxylation sites is 1. The predicted octanol–water partition coefficient (Wildman–Crippen LogP) is 1.84. The Morgan fingerprint density at radius 3 is 3.08 bits per heavy atom. The first kappa shape index (κ1) is 8.32. The summed E-state index contributed by atoms with van der Waals surface area (Å²) in [4.78, 5) is 0. The van der Waals surface area contributed by atoms with Crippen LogP contribution in [0.25, 0.3) is 5.57 Å². The molecule has 2 heteroatoms. The lowest BCUT2D eigenvalue weighted by Gasteiger charge is -2.19. The number of aliphatic hydroxyl groups is 1. The molecule has 2 rings (SSSR count). The summed E-state index contributed by atoms with van der Waals surface area (Å²) in [5.41, 5.74) is 2.30. The van der Waals surface area contributed by atoms with Crippen molar-refractivity contribution in [1.29, 1.82) is 0 Å². The second kappa shape index (κ2) is 3.62. The smallest absolute Gasteiger partial charge is 0.126 e. The average Bonchev–Trinajstić information content (AvgIpc) is 2.19. The molecule has 13 heavy (non-hydrogen) atoms. The molecule has 0 bridgehead atoms. The molecule has 1 aromatic rings. The average molecular weight is 176 g/mol. The molecule has 0 aromatic heterocycles. The Morgan fingerprint density at radius 1 is 1.38 bits per heavy atom. The molecule has 0 aliphatic carbocycles. The van der Waals surface area contributed by atoms with Gasteiger partial charge >= 0.3 is 0 Å². The van der Waals surface area contributed by atoms with Gasteiger partial charge < -0.3 is 9.84 Å². The zero-order valence-electron chi connectivity index (χ0n) is 7.36. The van der Waals surface area contributed by atoms with Crippen LogP contribution in [0.2, 0.25) is 0 Å². The number of hydrogen-bond donors (Lipinski definition) is 1. The molecular formula is C11H12O2. The van der Waals surface area contributed by atoms with Crippen molar-refractivity contribution in [3.8, 4) is 5.75 Å². The van der Waals surface area contributed by atoms with E-state index in [4.69, 9.17) is 9.84 Å². The molecule has 0 spiro atoms. The topological polar surface area (TPSA) is 29.5 Å². The Bertz CT molecular complexity index is 329. The van der Waals surface area contributed by atoms with E-state index in [1.54, 1.807) is 0 Å². The van der Waals surface area contributed by atoms with Gasteiger partial charge in [0.1, 0.15) is 5.75 Å². The third kappa shape index (κ3) is 1.58. The fourth-order valence-electron chi connectivity index (χ4n) is 1.59. The van der Waals surface area contributed by atoms with Gasteiger partial charge in [-0.2, -0.15) is 0 Å². The summed E-state index contributed by atoms with van der Waals surface area (Å²) in [5.74, 6) is 0.924. The molecule has 1 heterocycles. The Balaban J connectivity index is 2.42. The second-order valence-electron chi connectivity index (χ2n) is 3.01. The molecule has 0 amide bonds. The molecular weight excluding hydrogens is 164 g/mol. The summed E-state index contributed by atoms with van der Waals surface area (Å²) < 4.78 is 5.48. The van der Waals surface area contributed by atoms with Gasteiger partial charge in [-0.05, 0) is 11.6 Å². The third-order valence-corrected chi connectivity index (χ3v) is 2.20. The van der Waals surface area contributed by atoms with Crippen LogP contribution >= 0.6 is 0 Å². The van der Waals surface area contributed by atoms with Gasteiger partial charge in [0.25, 0.3) is 0 Å². The van der Waals surface area contributed by atoms with Crippen LogP contribution in [0.4, 0.5) is 0 Å². The number of rotatable bonds is 1. The van der Waals surface area contributed by atoms with E-state index in [0.29, 0.717) is 6.61 Å². The van der Waals surface area contributed by atoms with E-state index in [2.05, 4.69) is 0 Å². The summed E-state index contributed by atoms with van der Waals surface area (Å²) in [6.07, 6.45) is 2.74. The zero-order valence-corrected chi connectivity index (χ0v) is 7.36. The van der Waals surface area contributed by atoms with E-state index in [-0.39, 0.29) is 6.61 Å². The molecule has 0 fully saturated rings. The number of hydrogen-bond acceptors (Lipinski definition) is 2. The highest BCUT2D eigenvalue weighted by molar-refractivity contribution is 5.71. The van der Waals surface area contributed by atoms with Gasteiger partial charge in [-0.15, -0.1) is 0 Å². The van der Waals surface area contributed by atoms with Crippen LogP contribution in [0.1, 0.15) is 12.0 Å². The maximum absolute atomic E-state index is 8.83. The van der Waals surface area contributed by atoms with E-state index in [1.807, 2.05) is 30.3 Å². The van der Waals surface area contributed by atoms with Crippen LogP contribution < -0.4 is 4.74 Å². The molecule has 0 saturated heterocycles. The van der Waals surface area contributed by atoms with E-state index in [0.717, 1.165) is 17.7 Å². The monoisotopic (exact) mass is 176 g/mol. The first-order valence-corrected chi connectivity index (χ1v) is 4.44. The van der Waals surface area contributed by atoms with Gasteiger partial charge in [-0.1, -0.05) is 24.3 Å². The van der Waals surface area contributed by atoms with Crippen molar-refractivity contribution in [1.82, 2.24) is 0 Å². The molecule has 0 atom stereocenters. The SMILES string of the molecule is OC/C=C1/CCOc2ccccc21. The summed E-state index contributed by atoms with van der Waals surface area (Å²) in [7, 11) is 0. The van der Waals surface area contributed by atoms with Crippen molar-refractivity contribution in [2.75, 3.05) is 13.2 Å². The molecule has 0 radical (unpaired) electrons. The Labute approximate surface area is 77.5 Å². The lowest BCUT2D eigenvalue weighted by Crippen LogP contribution is -2.07. The van der Waals surface area contributed by atoms with Gasteiger partial charge in [-0.25, -0.2) is 0 Å². The Morgan fingerprint density at radius 2 is 2.23 bits per heavy atom. The Kier molecular flexibility index (Phi) is 2.32. The van der Waals surface area contributed by atoms with Crippen LogP contribution in [-0.4, -0.2) is 18.3 Å². The van der Waals surface area contributed by atoms with Gasteiger partial charge in [0.15, 0.2) is 0 Å². The van der Waals surface area contributed by atoms with Gasteiger partial charge in [0, 0.05) is 12.0 Å². The van der Waals surface area contributed by atoms with Crippen molar-refractivity contribution in [3.63, 3.8) is 0 Å². The summed E-state index contributed by atoms with van der Waals surface area (Å²) >= 11 is 0. The fourth-order valence-corrected chi connectivity index (χ4v) is 1.59. The normalized spacial score (nSPS) is 18.1. The molecule has 0 unspecified atom stereocenters. The molecule has 1 aromatic carbocycles. The van der Waals surface area contributed by atoms with Gasteiger partial charge in [0.05, 0.1) is 13.2 Å². The lowest BCUT2D eigenvalue weighted by molar-refractivity contribution is 0.314. The molecule has 1 aliphatic rings. The molecule has 1 N–H and O–H groups in total. The number of ether oxygens (including phenoxy) is 1. The first-order chi connectivity index (χ1) is 6.42. The summed E-state index contributed by atoms with van der Waals surface area (Å²) in [6.45, 7) is 0.812. The summed E-state index contributed by atoms with van der Waals surface area (Å²) in [6, 6.07) is 7.93. The van der Waals surface area contributed by atoms with Crippen molar-refractivity contribution < 1.29 is 9.84 Å². The largest absolute Gasteiger partial charge is 0.493 e. The van der Waals surface area contributed by atoms with Crippen LogP contribution in [0, 0.1) is 0 Å². The van der Waals surface area contributed by atoms with Crippen molar-refractivity contribution in [2.45, 2.75) is 6.42 Å². The van der Waals surface area contributed by atoms with Crippen molar-refractivity contribution >= 4 is 5.57 Å². The van der Waals surface area contributed by atoms with E-state index >= 15 is 0 Å². The number of fused-ring (bicyclic) bond motifs is 1. The number of aliphatic hydroxyl groups excluding tert-OH is 1. The van der Waals surface area contributed by atoms with Gasteiger partial charge in [0.2, 0.25) is 0 Å². The molecule has 68 valence electrons. The van der Waals surface area contributed by atoms with Crippen LogP contribution in [0.5, 0.6) is 5.75 Å². The van der Waals surface area contributed by atoms with Crippen LogP contribution in [0.15, 0.2) is 30.3 Å². The van der Waals surface area contributed by atoms with Crippen LogP contribution in [-0.2, 0) is 0 Å². The van der Waals surface area contributed by atoms with Crippen LogP contribution in [0.3, 0.4) is 0 Å². The second-order valence-corrected chi connectivity index (χ2v) is 3.01. The minimum atomic E-state index is 0.101. The standard InChI is InChI=1S/C11H12O2/c12-7-5-9-6-8-13-11-4-2-1-3-10(9)11/h1-5,12H,6-8H2/b9-5-. The van der Waals surface area contributed by atoms with Gasteiger partial charge in [-0.3, -0.25) is 0 Å². The van der Waals surface area contributed by atoms with Crippen molar-refractivity contribution in [2.24, 2.45) is 0 Å². The lowest BCUT2D eigenvalue weighted by atomic mass is 10.00. The summed E-state index contributed by atoms with van der Waals surface area (Å²) in [5, 5.41) is 8.83. The quantitative estimate of drug-likeness (QED) is 0.707. The highest BCUT2D eigenvalue weighted by Crippen LogP contribution is 2.31. The molecule has 0 saturated carbocycles. The fraction of sp³-hybridized carbons (Fsp3) is 0.273. The first-order valence-electron chi connectivity index (χ1n) is 4.44. The minimum Gasteiger partial charge on any atom is -0.493 e. The maximum Gasteiger partial charge on any atom is 0.126 e. The van der Waals surface area contributed by atoms with Crippen molar-refractivity contribution in [3.05, 3.63) is 35.9 Å². The highest BCUT2D eigenvalue weighted by Gasteiger charge is 2.13. The van der Waals surface area contributed by atoms with E-state index < -0.39 is 0 Å². The molecule has 1 aliphatic heterocycles. The van der Waals surface area contributed by atoms with E-state index in [9.17, 15) is 0 Å². The van der Waals surface area contributed by atoms with E-state index in [1.165, 1.54) is 5.57 Å². The zero-order chi connectivity index (χ0) is 9.10. The Hall–Kier alpha value is -1.28. The molecule has 2 nitrogen and oxygen atoms in total. The number of benzene rings is 1. The maximum atomic E-state index is 8.83. The highest BCUT2D eigenvalue weighted by atomic mass is 16.5. The third-order valence-electron chi connectivity index (χ3n) is 2.20.